The number of aryl methyl sites for hydroxylation is 2. The molecule has 1 aromatic heterocycles. The number of rotatable bonds is 0. The lowest BCUT2D eigenvalue weighted by atomic mass is 10.2. The van der Waals surface area contributed by atoms with Crippen LogP contribution in [-0.4, -0.2) is 14.9 Å². The van der Waals surface area contributed by atoms with E-state index in [2.05, 4.69) is 5.10 Å². The van der Waals surface area contributed by atoms with Gasteiger partial charge in [0.1, 0.15) is 5.75 Å². The van der Waals surface area contributed by atoms with E-state index in [0.717, 1.165) is 16.6 Å². The summed E-state index contributed by atoms with van der Waals surface area (Å²) in [5.41, 5.74) is 1.99. The number of phenols is 1. The molecule has 62 valence electrons. The number of hydrogen-bond donors (Lipinski definition) is 1. The summed E-state index contributed by atoms with van der Waals surface area (Å²) in [4.78, 5) is 0. The maximum atomic E-state index is 9.23. The molecule has 0 aliphatic rings. The van der Waals surface area contributed by atoms with Gasteiger partial charge in [-0.15, -0.1) is 0 Å². The highest BCUT2D eigenvalue weighted by Crippen LogP contribution is 2.21. The summed E-state index contributed by atoms with van der Waals surface area (Å²) >= 11 is 0. The maximum absolute atomic E-state index is 9.23. The molecule has 0 aliphatic heterocycles. The quantitative estimate of drug-likeness (QED) is 0.638. The zero-order chi connectivity index (χ0) is 8.72. The molecule has 0 unspecified atom stereocenters. The van der Waals surface area contributed by atoms with Gasteiger partial charge in [-0.3, -0.25) is 4.68 Å². The maximum Gasteiger partial charge on any atom is 0.116 e. The average molecular weight is 162 g/mol. The van der Waals surface area contributed by atoms with E-state index in [1.165, 1.54) is 0 Å². The molecule has 1 aromatic carbocycles. The van der Waals surface area contributed by atoms with Gasteiger partial charge in [-0.1, -0.05) is 0 Å². The van der Waals surface area contributed by atoms with Crippen molar-refractivity contribution in [1.29, 1.82) is 0 Å². The molecule has 3 nitrogen and oxygen atoms in total. The molecule has 0 saturated carbocycles. The van der Waals surface area contributed by atoms with Gasteiger partial charge in [0.05, 0.1) is 5.52 Å². The highest BCUT2D eigenvalue weighted by Gasteiger charge is 2.03. The molecule has 12 heavy (non-hydrogen) atoms. The van der Waals surface area contributed by atoms with Crippen LogP contribution in [0.4, 0.5) is 0 Å². The van der Waals surface area contributed by atoms with E-state index in [-0.39, 0.29) is 0 Å². The second-order valence-corrected chi connectivity index (χ2v) is 2.91. The van der Waals surface area contributed by atoms with Crippen molar-refractivity contribution < 1.29 is 5.11 Å². The molecule has 2 rings (SSSR count). The van der Waals surface area contributed by atoms with Crippen LogP contribution < -0.4 is 0 Å². The number of aromatic hydroxyl groups is 1. The Balaban J connectivity index is 2.88. The highest BCUT2D eigenvalue weighted by molar-refractivity contribution is 5.82. The van der Waals surface area contributed by atoms with Crippen molar-refractivity contribution in [3.05, 3.63) is 23.9 Å². The first-order chi connectivity index (χ1) is 5.68. The van der Waals surface area contributed by atoms with E-state index >= 15 is 0 Å². The third-order valence-electron chi connectivity index (χ3n) is 2.11. The molecule has 2 aromatic rings. The molecule has 0 aliphatic carbocycles. The molecule has 0 amide bonds. The Labute approximate surface area is 70.2 Å². The third-order valence-corrected chi connectivity index (χ3v) is 2.11. The molecule has 3 heteroatoms. The number of benzene rings is 1. The first kappa shape index (κ1) is 7.16. The van der Waals surface area contributed by atoms with Gasteiger partial charge in [0, 0.05) is 18.1 Å². The molecule has 0 radical (unpaired) electrons. The zero-order valence-electron chi connectivity index (χ0n) is 7.07. The predicted molar refractivity (Wildman–Crippen MR) is 47.1 cm³/mol. The Morgan fingerprint density at radius 2 is 2.17 bits per heavy atom. The van der Waals surface area contributed by atoms with Crippen molar-refractivity contribution >= 4 is 10.9 Å². The Hall–Kier alpha value is -1.51. The van der Waals surface area contributed by atoms with Crippen molar-refractivity contribution in [2.24, 2.45) is 7.05 Å². The lowest BCUT2D eigenvalue weighted by Gasteiger charge is -1.92. The minimum Gasteiger partial charge on any atom is -0.508 e. The van der Waals surface area contributed by atoms with Gasteiger partial charge in [-0.25, -0.2) is 0 Å². The topological polar surface area (TPSA) is 38.1 Å². The van der Waals surface area contributed by atoms with E-state index in [1.807, 2.05) is 24.7 Å². The number of fused-ring (bicyclic) bond motifs is 1. The molecular formula is C9H10N2O. The van der Waals surface area contributed by atoms with Crippen LogP contribution in [0, 0.1) is 6.92 Å². The first-order valence-electron chi connectivity index (χ1n) is 3.81. The lowest BCUT2D eigenvalue weighted by Crippen LogP contribution is -1.91. The summed E-state index contributed by atoms with van der Waals surface area (Å²) in [6, 6.07) is 5.20. The molecule has 1 heterocycles. The van der Waals surface area contributed by atoms with Crippen molar-refractivity contribution in [1.82, 2.24) is 9.78 Å². The number of aromatic nitrogens is 2. The molecular weight excluding hydrogens is 152 g/mol. The number of phenolic OH excluding ortho intramolecular Hbond substituents is 1. The van der Waals surface area contributed by atoms with Crippen LogP contribution in [0.2, 0.25) is 0 Å². The van der Waals surface area contributed by atoms with E-state index in [1.54, 1.807) is 12.1 Å². The van der Waals surface area contributed by atoms with Gasteiger partial charge in [0.2, 0.25) is 0 Å². The average Bonchev–Trinajstić information content (AvgIpc) is 2.31. The summed E-state index contributed by atoms with van der Waals surface area (Å²) in [7, 11) is 1.90. The van der Waals surface area contributed by atoms with Gasteiger partial charge in [-0.05, 0) is 25.1 Å². The first-order valence-corrected chi connectivity index (χ1v) is 3.81. The van der Waals surface area contributed by atoms with E-state index in [0.29, 0.717) is 5.75 Å². The lowest BCUT2D eigenvalue weighted by molar-refractivity contribution is 0.476. The largest absolute Gasteiger partial charge is 0.508 e. The van der Waals surface area contributed by atoms with Crippen molar-refractivity contribution in [3.63, 3.8) is 0 Å². The zero-order valence-corrected chi connectivity index (χ0v) is 7.07. The fourth-order valence-corrected chi connectivity index (χ4v) is 1.31. The second-order valence-electron chi connectivity index (χ2n) is 2.91. The highest BCUT2D eigenvalue weighted by atomic mass is 16.3. The van der Waals surface area contributed by atoms with Crippen LogP contribution in [0.5, 0.6) is 5.75 Å². The number of hydrogen-bond acceptors (Lipinski definition) is 2. The summed E-state index contributed by atoms with van der Waals surface area (Å²) in [6.07, 6.45) is 0. The summed E-state index contributed by atoms with van der Waals surface area (Å²) in [6.45, 7) is 1.98. The summed E-state index contributed by atoms with van der Waals surface area (Å²) in [5, 5.41) is 14.5. The van der Waals surface area contributed by atoms with Gasteiger partial charge < -0.3 is 5.11 Å². The molecule has 0 fully saturated rings. The number of nitrogens with zero attached hydrogens (tertiary/aromatic N) is 2. The van der Waals surface area contributed by atoms with Gasteiger partial charge in [-0.2, -0.15) is 5.10 Å². The minimum atomic E-state index is 0.290. The van der Waals surface area contributed by atoms with Gasteiger partial charge in [0.15, 0.2) is 0 Å². The van der Waals surface area contributed by atoms with Crippen molar-refractivity contribution in [2.75, 3.05) is 0 Å². The Morgan fingerprint density at radius 3 is 2.92 bits per heavy atom. The molecule has 0 atom stereocenters. The summed E-state index contributed by atoms with van der Waals surface area (Å²) in [5.74, 6) is 0.290. The second kappa shape index (κ2) is 2.24. The normalized spacial score (nSPS) is 10.8. The Kier molecular flexibility index (Phi) is 1.33. The monoisotopic (exact) mass is 162 g/mol. The van der Waals surface area contributed by atoms with Crippen LogP contribution in [0.15, 0.2) is 18.2 Å². The van der Waals surface area contributed by atoms with Gasteiger partial charge in [0.25, 0.3) is 0 Å². The van der Waals surface area contributed by atoms with Crippen LogP contribution in [0.3, 0.4) is 0 Å². The van der Waals surface area contributed by atoms with Crippen molar-refractivity contribution in [2.45, 2.75) is 6.92 Å². The molecule has 1 N–H and O–H groups in total. The van der Waals surface area contributed by atoms with E-state index in [9.17, 15) is 5.11 Å². The van der Waals surface area contributed by atoms with Crippen LogP contribution in [-0.2, 0) is 7.05 Å². The Bertz CT molecular complexity index is 431. The SMILES string of the molecule is Cc1c2cc(O)ccc2nn1C. The third kappa shape index (κ3) is 0.863. The van der Waals surface area contributed by atoms with Gasteiger partial charge >= 0.3 is 0 Å². The van der Waals surface area contributed by atoms with Crippen LogP contribution in [0.25, 0.3) is 10.9 Å². The van der Waals surface area contributed by atoms with Crippen molar-refractivity contribution in [3.8, 4) is 5.75 Å². The minimum absolute atomic E-state index is 0.290. The summed E-state index contributed by atoms with van der Waals surface area (Å²) < 4.78 is 1.81. The van der Waals surface area contributed by atoms with Crippen LogP contribution >= 0.6 is 0 Å². The molecule has 0 saturated heterocycles. The fraction of sp³-hybridized carbons (Fsp3) is 0.222. The smallest absolute Gasteiger partial charge is 0.116 e. The Morgan fingerprint density at radius 1 is 1.42 bits per heavy atom. The molecule has 0 bridgehead atoms. The standard InChI is InChI=1S/C9H10N2O/c1-6-8-5-7(12)3-4-9(8)10-11(6)2/h3-5,12H,1-2H3. The fourth-order valence-electron chi connectivity index (χ4n) is 1.31. The van der Waals surface area contributed by atoms with E-state index < -0.39 is 0 Å². The predicted octanol–water partition coefficient (Wildman–Crippen LogP) is 1.59. The van der Waals surface area contributed by atoms with E-state index in [4.69, 9.17) is 0 Å². The van der Waals surface area contributed by atoms with Crippen LogP contribution in [0.1, 0.15) is 5.69 Å². The molecule has 0 spiro atoms.